The van der Waals surface area contributed by atoms with Gasteiger partial charge in [-0.1, -0.05) is 29.8 Å². The van der Waals surface area contributed by atoms with Gasteiger partial charge in [-0.15, -0.1) is 35.3 Å². The Balaban J connectivity index is 0.00000264. The van der Waals surface area contributed by atoms with E-state index in [1.54, 1.807) is 18.4 Å². The highest BCUT2D eigenvalue weighted by Gasteiger charge is 2.04. The molecule has 0 aliphatic heterocycles. The quantitative estimate of drug-likeness (QED) is 0.421. The fourth-order valence-corrected chi connectivity index (χ4v) is 3.06. The lowest BCUT2D eigenvalue weighted by Gasteiger charge is -2.11. The van der Waals surface area contributed by atoms with Crippen LogP contribution in [-0.2, 0) is 13.0 Å². The molecule has 0 aliphatic rings. The van der Waals surface area contributed by atoms with Crippen LogP contribution < -0.4 is 10.6 Å². The van der Waals surface area contributed by atoms with E-state index in [0.29, 0.717) is 6.54 Å². The van der Waals surface area contributed by atoms with E-state index >= 15 is 0 Å². The molecule has 2 aromatic rings. The molecule has 0 bridgehead atoms. The molecule has 4 nitrogen and oxygen atoms in total. The van der Waals surface area contributed by atoms with Gasteiger partial charge in [0.15, 0.2) is 5.96 Å². The molecule has 0 atom stereocenters. The zero-order valence-electron chi connectivity index (χ0n) is 14.1. The molecular formula is C17H25IN4S. The van der Waals surface area contributed by atoms with Crippen LogP contribution in [0.15, 0.2) is 29.3 Å². The molecule has 1 heterocycles. The zero-order valence-corrected chi connectivity index (χ0v) is 17.3. The van der Waals surface area contributed by atoms with Crippen molar-refractivity contribution >= 4 is 41.3 Å². The van der Waals surface area contributed by atoms with E-state index in [-0.39, 0.29) is 24.0 Å². The molecule has 1 aromatic heterocycles. The van der Waals surface area contributed by atoms with Crippen LogP contribution in [0.2, 0.25) is 0 Å². The molecular weight excluding hydrogens is 419 g/mol. The predicted octanol–water partition coefficient (Wildman–Crippen LogP) is 3.59. The average molecular weight is 444 g/mol. The number of halogens is 1. The first kappa shape index (κ1) is 19.9. The summed E-state index contributed by atoms with van der Waals surface area (Å²) in [5.74, 6) is 0.818. The third-order valence-corrected chi connectivity index (χ3v) is 4.56. The fourth-order valence-electron chi connectivity index (χ4n) is 2.19. The SMILES string of the molecule is CN=C(NCCc1cccc(C)c1)NCc1nc(C)c(C)s1.I. The summed E-state index contributed by atoms with van der Waals surface area (Å²) >= 11 is 1.73. The Labute approximate surface area is 159 Å². The van der Waals surface area contributed by atoms with Crippen molar-refractivity contribution in [3.05, 3.63) is 51.0 Å². The van der Waals surface area contributed by atoms with Gasteiger partial charge in [-0.05, 0) is 32.8 Å². The molecule has 0 spiro atoms. The van der Waals surface area contributed by atoms with E-state index in [0.717, 1.165) is 29.6 Å². The van der Waals surface area contributed by atoms with Crippen LogP contribution in [0.1, 0.15) is 26.7 Å². The van der Waals surface area contributed by atoms with E-state index in [9.17, 15) is 0 Å². The van der Waals surface area contributed by atoms with E-state index in [4.69, 9.17) is 0 Å². The van der Waals surface area contributed by atoms with Crippen molar-refractivity contribution in [1.29, 1.82) is 0 Å². The van der Waals surface area contributed by atoms with Crippen molar-refractivity contribution in [3.8, 4) is 0 Å². The summed E-state index contributed by atoms with van der Waals surface area (Å²) in [4.78, 5) is 10.1. The van der Waals surface area contributed by atoms with E-state index in [2.05, 4.69) is 58.7 Å². The molecule has 0 amide bonds. The first-order valence-electron chi connectivity index (χ1n) is 7.51. The third kappa shape index (κ3) is 6.47. The molecule has 0 unspecified atom stereocenters. The predicted molar refractivity (Wildman–Crippen MR) is 110 cm³/mol. The normalized spacial score (nSPS) is 11.0. The van der Waals surface area contributed by atoms with Crippen LogP contribution >= 0.6 is 35.3 Å². The first-order chi connectivity index (χ1) is 10.6. The Bertz CT molecular complexity index is 632. The summed E-state index contributed by atoms with van der Waals surface area (Å²) in [5, 5.41) is 7.75. The number of aliphatic imine (C=N–C) groups is 1. The van der Waals surface area contributed by atoms with Gasteiger partial charge in [0.2, 0.25) is 0 Å². The van der Waals surface area contributed by atoms with E-state index < -0.39 is 0 Å². The third-order valence-electron chi connectivity index (χ3n) is 3.49. The highest BCUT2D eigenvalue weighted by molar-refractivity contribution is 14.0. The minimum Gasteiger partial charge on any atom is -0.356 e. The summed E-state index contributed by atoms with van der Waals surface area (Å²) in [6.07, 6.45) is 0.984. The van der Waals surface area contributed by atoms with Gasteiger partial charge in [0, 0.05) is 18.5 Å². The van der Waals surface area contributed by atoms with Gasteiger partial charge < -0.3 is 10.6 Å². The number of guanidine groups is 1. The average Bonchev–Trinajstić information content (AvgIpc) is 2.81. The van der Waals surface area contributed by atoms with Crippen LogP contribution in [0.25, 0.3) is 0 Å². The molecule has 126 valence electrons. The number of hydrogen-bond acceptors (Lipinski definition) is 3. The maximum Gasteiger partial charge on any atom is 0.191 e. The maximum absolute atomic E-state index is 4.53. The van der Waals surface area contributed by atoms with Crippen molar-refractivity contribution in [2.75, 3.05) is 13.6 Å². The number of thiazole rings is 1. The molecule has 1 aromatic carbocycles. The first-order valence-corrected chi connectivity index (χ1v) is 8.33. The summed E-state index contributed by atoms with van der Waals surface area (Å²) in [6, 6.07) is 8.60. The largest absolute Gasteiger partial charge is 0.356 e. The summed E-state index contributed by atoms with van der Waals surface area (Å²) in [7, 11) is 1.79. The van der Waals surface area contributed by atoms with Gasteiger partial charge in [-0.3, -0.25) is 4.99 Å². The van der Waals surface area contributed by atoms with Crippen LogP contribution in [0, 0.1) is 20.8 Å². The maximum atomic E-state index is 4.53. The van der Waals surface area contributed by atoms with E-state index in [1.807, 2.05) is 6.92 Å². The smallest absolute Gasteiger partial charge is 0.191 e. The van der Waals surface area contributed by atoms with Crippen LogP contribution in [0.4, 0.5) is 0 Å². The van der Waals surface area contributed by atoms with Gasteiger partial charge in [0.25, 0.3) is 0 Å². The number of aromatic nitrogens is 1. The van der Waals surface area contributed by atoms with Crippen molar-refractivity contribution in [2.24, 2.45) is 4.99 Å². The number of nitrogens with one attached hydrogen (secondary N) is 2. The lowest BCUT2D eigenvalue weighted by molar-refractivity contribution is 0.790. The number of nitrogens with zero attached hydrogens (tertiary/aromatic N) is 2. The second kappa shape index (κ2) is 9.87. The summed E-state index contributed by atoms with van der Waals surface area (Å²) < 4.78 is 0. The molecule has 0 saturated heterocycles. The van der Waals surface area contributed by atoms with Gasteiger partial charge in [0.1, 0.15) is 5.01 Å². The topological polar surface area (TPSA) is 49.3 Å². The minimum atomic E-state index is 0. The van der Waals surface area contributed by atoms with Crippen LogP contribution in [0.3, 0.4) is 0 Å². The molecule has 0 saturated carbocycles. The molecule has 0 fully saturated rings. The standard InChI is InChI=1S/C17H24N4S.HI/c1-12-6-5-7-15(10-12)8-9-19-17(18-4)20-11-16-21-13(2)14(3)22-16;/h5-7,10H,8-9,11H2,1-4H3,(H2,18,19,20);1H. The molecule has 23 heavy (non-hydrogen) atoms. The number of aryl methyl sites for hydroxylation is 3. The fraction of sp³-hybridized carbons (Fsp3) is 0.412. The molecule has 0 aliphatic carbocycles. The van der Waals surface area contributed by atoms with Crippen molar-refractivity contribution in [1.82, 2.24) is 15.6 Å². The number of hydrogen-bond donors (Lipinski definition) is 2. The molecule has 2 N–H and O–H groups in total. The Morgan fingerprint density at radius 3 is 2.61 bits per heavy atom. The molecule has 0 radical (unpaired) electrons. The number of benzene rings is 1. The van der Waals surface area contributed by atoms with Gasteiger partial charge in [0.05, 0.1) is 12.2 Å². The minimum absolute atomic E-state index is 0. The van der Waals surface area contributed by atoms with Crippen molar-refractivity contribution < 1.29 is 0 Å². The van der Waals surface area contributed by atoms with Crippen LogP contribution in [-0.4, -0.2) is 24.5 Å². The summed E-state index contributed by atoms with van der Waals surface area (Å²) in [5.41, 5.74) is 3.76. The van der Waals surface area contributed by atoms with Gasteiger partial charge in [-0.25, -0.2) is 4.98 Å². The monoisotopic (exact) mass is 444 g/mol. The van der Waals surface area contributed by atoms with Crippen molar-refractivity contribution in [3.63, 3.8) is 0 Å². The second-order valence-electron chi connectivity index (χ2n) is 5.34. The summed E-state index contributed by atoms with van der Waals surface area (Å²) in [6.45, 7) is 7.84. The Hall–Kier alpha value is -1.15. The lowest BCUT2D eigenvalue weighted by Crippen LogP contribution is -2.37. The van der Waals surface area contributed by atoms with Crippen molar-refractivity contribution in [2.45, 2.75) is 33.7 Å². The highest BCUT2D eigenvalue weighted by atomic mass is 127. The lowest BCUT2D eigenvalue weighted by atomic mass is 10.1. The van der Waals surface area contributed by atoms with Gasteiger partial charge in [-0.2, -0.15) is 0 Å². The Morgan fingerprint density at radius 1 is 1.22 bits per heavy atom. The zero-order chi connectivity index (χ0) is 15.9. The Kier molecular flexibility index (Phi) is 8.54. The van der Waals surface area contributed by atoms with Crippen LogP contribution in [0.5, 0.6) is 0 Å². The molecule has 2 rings (SSSR count). The number of rotatable bonds is 5. The second-order valence-corrected chi connectivity index (χ2v) is 6.63. The molecule has 6 heteroatoms. The Morgan fingerprint density at radius 2 is 2.00 bits per heavy atom. The highest BCUT2D eigenvalue weighted by Crippen LogP contribution is 2.15. The van der Waals surface area contributed by atoms with E-state index in [1.165, 1.54) is 16.0 Å². The van der Waals surface area contributed by atoms with Gasteiger partial charge >= 0.3 is 0 Å².